The molecule has 0 bridgehead atoms. The van der Waals surface area contributed by atoms with Gasteiger partial charge in [-0.3, -0.25) is 0 Å². The number of nitrogens with one attached hydrogen (secondary N) is 1. The van der Waals surface area contributed by atoms with Crippen LogP contribution >= 0.6 is 39.9 Å². The summed E-state index contributed by atoms with van der Waals surface area (Å²) < 4.78 is 6.92. The average Bonchev–Trinajstić information content (AvgIpc) is 2.40. The van der Waals surface area contributed by atoms with Crippen LogP contribution in [0.1, 0.15) is 24.0 Å². The second-order valence-corrected chi connectivity index (χ2v) is 6.14. The van der Waals surface area contributed by atoms with Crippen molar-refractivity contribution in [1.82, 2.24) is 5.32 Å². The molecule has 1 aromatic rings. The van der Waals surface area contributed by atoms with Gasteiger partial charge in [0.1, 0.15) is 5.75 Å². The van der Waals surface area contributed by atoms with Crippen LogP contribution < -0.4 is 10.1 Å². The minimum atomic E-state index is 0. The number of hydrogen-bond acceptors (Lipinski definition) is 2. The lowest BCUT2D eigenvalue weighted by Crippen LogP contribution is -2.33. The molecule has 19 heavy (non-hydrogen) atoms. The molecular formula is C14H20BrCl2NO. The van der Waals surface area contributed by atoms with E-state index in [4.69, 9.17) is 16.3 Å². The number of benzene rings is 1. The minimum Gasteiger partial charge on any atom is -0.492 e. The first kappa shape index (κ1) is 17.1. The van der Waals surface area contributed by atoms with Crippen LogP contribution in [-0.4, -0.2) is 19.7 Å². The lowest BCUT2D eigenvalue weighted by molar-refractivity contribution is 0.217. The van der Waals surface area contributed by atoms with Crippen LogP contribution in [0.15, 0.2) is 10.5 Å². The van der Waals surface area contributed by atoms with Gasteiger partial charge in [0.2, 0.25) is 0 Å². The van der Waals surface area contributed by atoms with E-state index in [-0.39, 0.29) is 12.4 Å². The summed E-state index contributed by atoms with van der Waals surface area (Å²) in [6.45, 7) is 6.99. The van der Waals surface area contributed by atoms with Gasteiger partial charge in [-0.05, 0) is 66.4 Å². The molecule has 1 fully saturated rings. The summed E-state index contributed by atoms with van der Waals surface area (Å²) >= 11 is 9.77. The monoisotopic (exact) mass is 367 g/mol. The molecule has 0 aromatic heterocycles. The molecule has 1 aromatic carbocycles. The average molecular weight is 369 g/mol. The van der Waals surface area contributed by atoms with E-state index in [1.165, 1.54) is 12.8 Å². The third-order valence-corrected chi connectivity index (χ3v) is 5.01. The number of ether oxygens (including phenoxy) is 1. The maximum Gasteiger partial charge on any atom is 0.134 e. The Morgan fingerprint density at radius 2 is 2.21 bits per heavy atom. The zero-order chi connectivity index (χ0) is 13.1. The standard InChI is InChI=1S/C14H19BrClNO.ClH/c1-9-6-12(13(15)10(2)14(9)16)18-8-11-4-3-5-17-7-11;/h6,11,17H,3-5,7-8H2,1-2H3;1H. The van der Waals surface area contributed by atoms with E-state index in [1.807, 2.05) is 19.9 Å². The molecule has 1 atom stereocenters. The van der Waals surface area contributed by atoms with Crippen LogP contribution in [0.4, 0.5) is 0 Å². The van der Waals surface area contributed by atoms with Gasteiger partial charge in [0.05, 0.1) is 11.1 Å². The van der Waals surface area contributed by atoms with E-state index in [2.05, 4.69) is 21.2 Å². The predicted molar refractivity (Wildman–Crippen MR) is 87.0 cm³/mol. The summed E-state index contributed by atoms with van der Waals surface area (Å²) in [5.74, 6) is 1.52. The molecule has 0 amide bonds. The van der Waals surface area contributed by atoms with Crippen molar-refractivity contribution in [1.29, 1.82) is 0 Å². The maximum absolute atomic E-state index is 6.21. The van der Waals surface area contributed by atoms with Gasteiger partial charge >= 0.3 is 0 Å². The fourth-order valence-electron chi connectivity index (χ4n) is 2.28. The largest absolute Gasteiger partial charge is 0.492 e. The van der Waals surface area contributed by atoms with Crippen LogP contribution in [-0.2, 0) is 0 Å². The number of halogens is 3. The van der Waals surface area contributed by atoms with Gasteiger partial charge in [-0.1, -0.05) is 11.6 Å². The van der Waals surface area contributed by atoms with Crippen LogP contribution in [0.3, 0.4) is 0 Å². The predicted octanol–water partition coefficient (Wildman–Crippen LogP) is 4.52. The van der Waals surface area contributed by atoms with Crippen molar-refractivity contribution in [3.05, 3.63) is 26.7 Å². The summed E-state index contributed by atoms with van der Waals surface area (Å²) in [6.07, 6.45) is 2.49. The Bertz CT molecular complexity index is 434. The van der Waals surface area contributed by atoms with Crippen LogP contribution in [0.5, 0.6) is 5.75 Å². The topological polar surface area (TPSA) is 21.3 Å². The highest BCUT2D eigenvalue weighted by molar-refractivity contribution is 9.10. The molecule has 0 radical (unpaired) electrons. The summed E-state index contributed by atoms with van der Waals surface area (Å²) in [6, 6.07) is 2.01. The van der Waals surface area contributed by atoms with Crippen molar-refractivity contribution in [2.45, 2.75) is 26.7 Å². The first-order chi connectivity index (χ1) is 8.59. The Morgan fingerprint density at radius 1 is 1.47 bits per heavy atom. The van der Waals surface area contributed by atoms with Gasteiger partial charge in [0.25, 0.3) is 0 Å². The molecule has 5 heteroatoms. The van der Waals surface area contributed by atoms with Gasteiger partial charge in [-0.2, -0.15) is 0 Å². The molecule has 1 aliphatic heterocycles. The third kappa shape index (κ3) is 4.25. The molecule has 1 saturated heterocycles. The van der Waals surface area contributed by atoms with Gasteiger partial charge in [0, 0.05) is 17.5 Å². The zero-order valence-electron chi connectivity index (χ0n) is 11.3. The third-order valence-electron chi connectivity index (χ3n) is 3.44. The number of aryl methyl sites for hydroxylation is 1. The SMILES string of the molecule is Cc1cc(OCC2CCCNC2)c(Br)c(C)c1Cl.Cl. The van der Waals surface area contributed by atoms with Crippen molar-refractivity contribution in [2.24, 2.45) is 5.92 Å². The van der Waals surface area contributed by atoms with E-state index >= 15 is 0 Å². The fraction of sp³-hybridized carbons (Fsp3) is 0.571. The fourth-order valence-corrected chi connectivity index (χ4v) is 2.97. The minimum absolute atomic E-state index is 0. The number of piperidine rings is 1. The summed E-state index contributed by atoms with van der Waals surface area (Å²) in [5.41, 5.74) is 2.11. The summed E-state index contributed by atoms with van der Waals surface area (Å²) in [5, 5.41) is 4.22. The second-order valence-electron chi connectivity index (χ2n) is 4.97. The molecule has 2 nitrogen and oxygen atoms in total. The van der Waals surface area contributed by atoms with E-state index in [0.717, 1.165) is 46.1 Å². The first-order valence-corrected chi connectivity index (χ1v) is 7.55. The summed E-state index contributed by atoms with van der Waals surface area (Å²) in [4.78, 5) is 0. The van der Waals surface area contributed by atoms with Crippen molar-refractivity contribution in [3.8, 4) is 5.75 Å². The molecule has 108 valence electrons. The molecular weight excluding hydrogens is 349 g/mol. The van der Waals surface area contributed by atoms with E-state index in [1.54, 1.807) is 0 Å². The van der Waals surface area contributed by atoms with Crippen molar-refractivity contribution < 1.29 is 4.74 Å². The normalized spacial score (nSPS) is 18.8. The van der Waals surface area contributed by atoms with Crippen molar-refractivity contribution in [2.75, 3.05) is 19.7 Å². The Balaban J connectivity index is 0.00000180. The van der Waals surface area contributed by atoms with Crippen LogP contribution in [0, 0.1) is 19.8 Å². The Morgan fingerprint density at radius 3 is 2.84 bits per heavy atom. The molecule has 2 rings (SSSR count). The number of rotatable bonds is 3. The molecule has 1 unspecified atom stereocenters. The molecule has 1 N–H and O–H groups in total. The molecule has 0 spiro atoms. The molecule has 0 saturated carbocycles. The quantitative estimate of drug-likeness (QED) is 0.846. The van der Waals surface area contributed by atoms with Gasteiger partial charge < -0.3 is 10.1 Å². The summed E-state index contributed by atoms with van der Waals surface area (Å²) in [7, 11) is 0. The Kier molecular flexibility index (Phi) is 6.95. The smallest absolute Gasteiger partial charge is 0.134 e. The van der Waals surface area contributed by atoms with Crippen LogP contribution in [0.25, 0.3) is 0 Å². The maximum atomic E-state index is 6.21. The highest BCUT2D eigenvalue weighted by Crippen LogP contribution is 2.36. The zero-order valence-corrected chi connectivity index (χ0v) is 14.4. The Hall–Kier alpha value is 0.0400. The van der Waals surface area contributed by atoms with Crippen molar-refractivity contribution in [3.63, 3.8) is 0 Å². The molecule has 1 aliphatic rings. The van der Waals surface area contributed by atoms with Gasteiger partial charge in [-0.15, -0.1) is 12.4 Å². The first-order valence-electron chi connectivity index (χ1n) is 6.38. The lowest BCUT2D eigenvalue weighted by Gasteiger charge is -2.23. The van der Waals surface area contributed by atoms with E-state index in [0.29, 0.717) is 5.92 Å². The van der Waals surface area contributed by atoms with Gasteiger partial charge in [-0.25, -0.2) is 0 Å². The Labute approximate surface area is 134 Å². The van der Waals surface area contributed by atoms with E-state index < -0.39 is 0 Å². The van der Waals surface area contributed by atoms with Gasteiger partial charge in [0.15, 0.2) is 0 Å². The highest BCUT2D eigenvalue weighted by atomic mass is 79.9. The number of hydrogen-bond donors (Lipinski definition) is 1. The molecule has 0 aliphatic carbocycles. The van der Waals surface area contributed by atoms with E-state index in [9.17, 15) is 0 Å². The lowest BCUT2D eigenvalue weighted by atomic mass is 10.0. The second kappa shape index (κ2) is 7.72. The van der Waals surface area contributed by atoms with Crippen molar-refractivity contribution >= 4 is 39.9 Å². The van der Waals surface area contributed by atoms with Crippen LogP contribution in [0.2, 0.25) is 5.02 Å². The molecule has 1 heterocycles. The highest BCUT2D eigenvalue weighted by Gasteiger charge is 2.16.